The van der Waals surface area contributed by atoms with Crippen LogP contribution in [0.4, 0.5) is 4.39 Å². The SMILES string of the molecule is C=Cc1c(C(C)C)cc(C(C)C)c(CO)c1-c1ccc(F)cc1. The Morgan fingerprint density at radius 3 is 2.04 bits per heavy atom. The number of aliphatic hydroxyl groups excluding tert-OH is 1. The summed E-state index contributed by atoms with van der Waals surface area (Å²) in [6.07, 6.45) is 1.84. The summed E-state index contributed by atoms with van der Waals surface area (Å²) in [5.74, 6) is 0.378. The second-order valence-corrected chi connectivity index (χ2v) is 6.50. The van der Waals surface area contributed by atoms with Gasteiger partial charge in [0.25, 0.3) is 0 Å². The predicted molar refractivity (Wildman–Crippen MR) is 96.0 cm³/mol. The minimum Gasteiger partial charge on any atom is -0.392 e. The van der Waals surface area contributed by atoms with E-state index in [1.807, 2.05) is 6.08 Å². The van der Waals surface area contributed by atoms with E-state index in [1.54, 1.807) is 12.1 Å². The molecule has 1 nitrogen and oxygen atoms in total. The average Bonchev–Trinajstić information content (AvgIpc) is 2.53. The maximum atomic E-state index is 13.3. The fourth-order valence-corrected chi connectivity index (χ4v) is 3.11. The van der Waals surface area contributed by atoms with Crippen molar-refractivity contribution in [3.05, 3.63) is 65.0 Å². The zero-order valence-electron chi connectivity index (χ0n) is 14.4. The van der Waals surface area contributed by atoms with E-state index in [0.29, 0.717) is 11.8 Å². The summed E-state index contributed by atoms with van der Waals surface area (Å²) in [4.78, 5) is 0. The topological polar surface area (TPSA) is 20.2 Å². The first-order valence-corrected chi connectivity index (χ1v) is 8.09. The Kier molecular flexibility index (Phi) is 5.38. The smallest absolute Gasteiger partial charge is 0.123 e. The second-order valence-electron chi connectivity index (χ2n) is 6.50. The van der Waals surface area contributed by atoms with E-state index < -0.39 is 0 Å². The van der Waals surface area contributed by atoms with E-state index in [9.17, 15) is 9.50 Å². The van der Waals surface area contributed by atoms with Crippen molar-refractivity contribution in [2.45, 2.75) is 46.1 Å². The largest absolute Gasteiger partial charge is 0.392 e. The maximum Gasteiger partial charge on any atom is 0.123 e. The highest BCUT2D eigenvalue weighted by Gasteiger charge is 2.20. The van der Waals surface area contributed by atoms with E-state index in [4.69, 9.17) is 0 Å². The number of benzene rings is 2. The van der Waals surface area contributed by atoms with Crippen LogP contribution in [0.1, 0.15) is 61.8 Å². The first-order valence-electron chi connectivity index (χ1n) is 8.09. The van der Waals surface area contributed by atoms with Crippen LogP contribution in [0.15, 0.2) is 36.9 Å². The molecule has 2 aromatic rings. The first-order chi connectivity index (χ1) is 10.9. The third-order valence-electron chi connectivity index (χ3n) is 4.28. The van der Waals surface area contributed by atoms with Gasteiger partial charge in [0.15, 0.2) is 0 Å². The fraction of sp³-hybridized carbons (Fsp3) is 0.333. The zero-order chi connectivity index (χ0) is 17.1. The van der Waals surface area contributed by atoms with Gasteiger partial charge in [0.1, 0.15) is 5.82 Å². The van der Waals surface area contributed by atoms with Crippen molar-refractivity contribution in [3.63, 3.8) is 0 Å². The van der Waals surface area contributed by atoms with Crippen LogP contribution in [-0.4, -0.2) is 5.11 Å². The zero-order valence-corrected chi connectivity index (χ0v) is 14.4. The molecule has 0 heterocycles. The highest BCUT2D eigenvalue weighted by molar-refractivity contribution is 5.81. The molecule has 0 unspecified atom stereocenters. The molecule has 0 spiro atoms. The number of halogens is 1. The van der Waals surface area contributed by atoms with Gasteiger partial charge in [-0.15, -0.1) is 0 Å². The molecule has 23 heavy (non-hydrogen) atoms. The highest BCUT2D eigenvalue weighted by Crippen LogP contribution is 2.39. The van der Waals surface area contributed by atoms with Crippen molar-refractivity contribution in [1.29, 1.82) is 0 Å². The predicted octanol–water partition coefficient (Wildman–Crippen LogP) is 5.87. The van der Waals surface area contributed by atoms with Gasteiger partial charge in [-0.1, -0.05) is 58.5 Å². The Morgan fingerprint density at radius 2 is 1.61 bits per heavy atom. The molecule has 0 radical (unpaired) electrons. The molecule has 0 saturated heterocycles. The number of rotatable bonds is 5. The van der Waals surface area contributed by atoms with Crippen molar-refractivity contribution in [2.75, 3.05) is 0 Å². The van der Waals surface area contributed by atoms with E-state index in [2.05, 4.69) is 40.3 Å². The van der Waals surface area contributed by atoms with Gasteiger partial charge in [0.2, 0.25) is 0 Å². The van der Waals surface area contributed by atoms with Gasteiger partial charge < -0.3 is 5.11 Å². The lowest BCUT2D eigenvalue weighted by molar-refractivity contribution is 0.280. The molecule has 0 fully saturated rings. The van der Waals surface area contributed by atoms with E-state index in [0.717, 1.165) is 27.8 Å². The summed E-state index contributed by atoms with van der Waals surface area (Å²) in [5.41, 5.74) is 6.17. The van der Waals surface area contributed by atoms with Gasteiger partial charge in [-0.25, -0.2) is 4.39 Å². The Balaban J connectivity index is 2.89. The second kappa shape index (κ2) is 7.10. The molecule has 0 aliphatic heterocycles. The van der Waals surface area contributed by atoms with Crippen molar-refractivity contribution in [1.82, 2.24) is 0 Å². The summed E-state index contributed by atoms with van der Waals surface area (Å²) < 4.78 is 13.3. The molecule has 2 aromatic carbocycles. The van der Waals surface area contributed by atoms with Crippen LogP contribution in [0.5, 0.6) is 0 Å². The van der Waals surface area contributed by atoms with Crippen molar-refractivity contribution in [3.8, 4) is 11.1 Å². The lowest BCUT2D eigenvalue weighted by Crippen LogP contribution is -2.06. The molecule has 0 aliphatic carbocycles. The molecule has 0 atom stereocenters. The monoisotopic (exact) mass is 312 g/mol. The Morgan fingerprint density at radius 1 is 1.04 bits per heavy atom. The van der Waals surface area contributed by atoms with Crippen LogP contribution in [-0.2, 0) is 6.61 Å². The molecule has 0 amide bonds. The Bertz CT molecular complexity index is 697. The van der Waals surface area contributed by atoms with Gasteiger partial charge in [0, 0.05) is 0 Å². The summed E-state index contributed by atoms with van der Waals surface area (Å²) in [5, 5.41) is 10.0. The Hall–Kier alpha value is -1.93. The summed E-state index contributed by atoms with van der Waals surface area (Å²) >= 11 is 0. The summed E-state index contributed by atoms with van der Waals surface area (Å²) in [7, 11) is 0. The van der Waals surface area contributed by atoms with Crippen molar-refractivity contribution >= 4 is 6.08 Å². The van der Waals surface area contributed by atoms with Crippen molar-refractivity contribution < 1.29 is 9.50 Å². The van der Waals surface area contributed by atoms with Gasteiger partial charge in [0.05, 0.1) is 6.61 Å². The number of aliphatic hydroxyl groups is 1. The molecule has 0 saturated carbocycles. The molecular weight excluding hydrogens is 287 g/mol. The molecule has 1 N–H and O–H groups in total. The number of hydrogen-bond acceptors (Lipinski definition) is 1. The lowest BCUT2D eigenvalue weighted by Gasteiger charge is -2.23. The van der Waals surface area contributed by atoms with Gasteiger partial charge in [-0.3, -0.25) is 0 Å². The van der Waals surface area contributed by atoms with Crippen LogP contribution >= 0.6 is 0 Å². The standard InChI is InChI=1S/C21H25FO/c1-6-17-18(13(2)3)11-19(14(4)5)20(12-23)21(17)15-7-9-16(22)10-8-15/h6-11,13-14,23H,1,12H2,2-5H3. The molecule has 0 aromatic heterocycles. The summed E-state index contributed by atoms with van der Waals surface area (Å²) in [6.45, 7) is 12.5. The molecule has 2 rings (SSSR count). The lowest BCUT2D eigenvalue weighted by atomic mass is 9.81. The van der Waals surface area contributed by atoms with Crippen LogP contribution < -0.4 is 0 Å². The molecule has 0 bridgehead atoms. The first kappa shape index (κ1) is 17.4. The molecule has 2 heteroatoms. The van der Waals surface area contributed by atoms with Crippen LogP contribution in [0, 0.1) is 5.82 Å². The molecular formula is C21H25FO. The maximum absolute atomic E-state index is 13.3. The molecule has 122 valence electrons. The normalized spacial score (nSPS) is 11.3. The van der Waals surface area contributed by atoms with Crippen LogP contribution in [0.25, 0.3) is 17.2 Å². The van der Waals surface area contributed by atoms with Gasteiger partial charge in [-0.2, -0.15) is 0 Å². The summed E-state index contributed by atoms with van der Waals surface area (Å²) in [6, 6.07) is 8.64. The van der Waals surface area contributed by atoms with Gasteiger partial charge >= 0.3 is 0 Å². The van der Waals surface area contributed by atoms with E-state index in [1.165, 1.54) is 17.7 Å². The van der Waals surface area contributed by atoms with Crippen molar-refractivity contribution in [2.24, 2.45) is 0 Å². The van der Waals surface area contributed by atoms with E-state index >= 15 is 0 Å². The minimum absolute atomic E-state index is 0.0422. The van der Waals surface area contributed by atoms with Crippen LogP contribution in [0.2, 0.25) is 0 Å². The minimum atomic E-state index is -0.261. The third kappa shape index (κ3) is 3.37. The average molecular weight is 312 g/mol. The molecule has 0 aliphatic rings. The van der Waals surface area contributed by atoms with Gasteiger partial charge in [-0.05, 0) is 57.3 Å². The Labute approximate surface area is 138 Å². The quantitative estimate of drug-likeness (QED) is 0.731. The third-order valence-corrected chi connectivity index (χ3v) is 4.28. The van der Waals surface area contributed by atoms with E-state index in [-0.39, 0.29) is 12.4 Å². The number of hydrogen-bond donors (Lipinski definition) is 1. The highest BCUT2D eigenvalue weighted by atomic mass is 19.1. The van der Waals surface area contributed by atoms with Crippen LogP contribution in [0.3, 0.4) is 0 Å². The fourth-order valence-electron chi connectivity index (χ4n) is 3.11.